The minimum atomic E-state index is -3.65. The number of aryl methyl sites for hydroxylation is 1. The zero-order chi connectivity index (χ0) is 15.5. The number of benzene rings is 1. The van der Waals surface area contributed by atoms with Crippen LogP contribution < -0.4 is 0 Å². The van der Waals surface area contributed by atoms with Crippen LogP contribution in [0.2, 0.25) is 0 Å². The lowest BCUT2D eigenvalue weighted by Gasteiger charge is -2.21. The molecule has 5 nitrogen and oxygen atoms in total. The van der Waals surface area contributed by atoms with Crippen LogP contribution in [0, 0.1) is 6.92 Å². The van der Waals surface area contributed by atoms with Crippen molar-refractivity contribution in [1.82, 2.24) is 9.29 Å². The number of hydrogen-bond donors (Lipinski definition) is 1. The highest BCUT2D eigenvalue weighted by Crippen LogP contribution is 2.24. The van der Waals surface area contributed by atoms with E-state index in [0.29, 0.717) is 18.5 Å². The summed E-state index contributed by atoms with van der Waals surface area (Å²) in [4.78, 5) is 4.48. The van der Waals surface area contributed by atoms with Crippen molar-refractivity contribution >= 4 is 20.9 Å². The van der Waals surface area contributed by atoms with Crippen LogP contribution in [0.1, 0.15) is 18.9 Å². The van der Waals surface area contributed by atoms with E-state index in [1.807, 2.05) is 26.0 Å². The predicted molar refractivity (Wildman–Crippen MR) is 82.6 cm³/mol. The fraction of sp³-hybridized carbons (Fsp3) is 0.400. The summed E-state index contributed by atoms with van der Waals surface area (Å²) >= 11 is 0. The van der Waals surface area contributed by atoms with E-state index in [0.717, 1.165) is 10.9 Å². The molecule has 21 heavy (non-hydrogen) atoms. The molecule has 1 N–H and O–H groups in total. The van der Waals surface area contributed by atoms with Gasteiger partial charge in [0.15, 0.2) is 0 Å². The molecule has 0 aliphatic rings. The number of nitrogens with zero attached hydrogens (tertiary/aromatic N) is 2. The first-order valence-corrected chi connectivity index (χ1v) is 8.41. The smallest absolute Gasteiger partial charge is 0.245 e. The van der Waals surface area contributed by atoms with Crippen molar-refractivity contribution in [2.24, 2.45) is 0 Å². The van der Waals surface area contributed by atoms with Crippen molar-refractivity contribution < 1.29 is 13.5 Å². The molecule has 0 fully saturated rings. The number of hydrogen-bond acceptors (Lipinski definition) is 4. The number of pyridine rings is 1. The molecule has 2 aromatic rings. The Kier molecular flexibility index (Phi) is 4.92. The van der Waals surface area contributed by atoms with Crippen LogP contribution in [0.15, 0.2) is 35.4 Å². The van der Waals surface area contributed by atoms with Gasteiger partial charge in [-0.05, 0) is 31.0 Å². The molecule has 114 valence electrons. The third kappa shape index (κ3) is 3.23. The second kappa shape index (κ2) is 6.51. The maximum absolute atomic E-state index is 12.8. The molecule has 1 aromatic carbocycles. The van der Waals surface area contributed by atoms with Gasteiger partial charge < -0.3 is 5.11 Å². The van der Waals surface area contributed by atoms with E-state index in [2.05, 4.69) is 4.98 Å². The molecular formula is C15H20N2O3S. The van der Waals surface area contributed by atoms with Crippen molar-refractivity contribution in [3.05, 3.63) is 36.0 Å². The molecule has 0 unspecified atom stereocenters. The second-order valence-corrected chi connectivity index (χ2v) is 6.87. The Morgan fingerprint density at radius 1 is 1.29 bits per heavy atom. The van der Waals surface area contributed by atoms with Crippen LogP contribution in [-0.4, -0.2) is 42.5 Å². The molecule has 0 atom stereocenters. The van der Waals surface area contributed by atoms with Gasteiger partial charge in [-0.15, -0.1) is 0 Å². The van der Waals surface area contributed by atoms with Crippen LogP contribution in [0.3, 0.4) is 0 Å². The molecule has 0 amide bonds. The summed E-state index contributed by atoms with van der Waals surface area (Å²) in [6.45, 7) is 4.10. The van der Waals surface area contributed by atoms with Crippen molar-refractivity contribution in [1.29, 1.82) is 0 Å². The summed E-state index contributed by atoms with van der Waals surface area (Å²) < 4.78 is 26.9. The van der Waals surface area contributed by atoms with Gasteiger partial charge in [-0.3, -0.25) is 4.98 Å². The van der Waals surface area contributed by atoms with E-state index in [1.54, 1.807) is 18.3 Å². The molecule has 1 heterocycles. The van der Waals surface area contributed by atoms with Crippen LogP contribution in [-0.2, 0) is 10.0 Å². The number of sulfonamides is 1. The summed E-state index contributed by atoms with van der Waals surface area (Å²) in [7, 11) is -3.65. The number of rotatable bonds is 6. The highest BCUT2D eigenvalue weighted by Gasteiger charge is 2.25. The van der Waals surface area contributed by atoms with Crippen LogP contribution in [0.5, 0.6) is 0 Å². The lowest BCUT2D eigenvalue weighted by molar-refractivity contribution is 0.253. The molecule has 0 bridgehead atoms. The Morgan fingerprint density at radius 3 is 2.71 bits per heavy atom. The lowest BCUT2D eigenvalue weighted by Crippen LogP contribution is -2.34. The fourth-order valence-corrected chi connectivity index (χ4v) is 3.99. The Morgan fingerprint density at radius 2 is 2.05 bits per heavy atom. The van der Waals surface area contributed by atoms with Gasteiger partial charge in [0.1, 0.15) is 4.90 Å². The minimum Gasteiger partial charge on any atom is -0.395 e. The fourth-order valence-electron chi connectivity index (χ4n) is 2.30. The molecule has 0 spiro atoms. The summed E-state index contributed by atoms with van der Waals surface area (Å²) in [6.07, 6.45) is 2.36. The SMILES string of the molecule is CCCN(CCO)S(=O)(=O)c1cccc2cc(C)cnc12. The summed E-state index contributed by atoms with van der Waals surface area (Å²) in [5, 5.41) is 9.90. The number of aromatic nitrogens is 1. The number of para-hydroxylation sites is 1. The van der Waals surface area contributed by atoms with E-state index < -0.39 is 10.0 Å². The number of aliphatic hydroxyl groups excluding tert-OH is 1. The first-order valence-electron chi connectivity index (χ1n) is 6.97. The quantitative estimate of drug-likeness (QED) is 0.885. The summed E-state index contributed by atoms with van der Waals surface area (Å²) in [5.74, 6) is 0. The monoisotopic (exact) mass is 308 g/mol. The van der Waals surface area contributed by atoms with Crippen LogP contribution in [0.25, 0.3) is 10.9 Å². The standard InChI is InChI=1S/C15H20N2O3S/c1-3-7-17(8-9-18)21(19,20)14-6-4-5-13-10-12(2)11-16-15(13)14/h4-6,10-11,18H,3,7-9H2,1-2H3. The van der Waals surface area contributed by atoms with Crippen molar-refractivity contribution in [2.45, 2.75) is 25.2 Å². The number of fused-ring (bicyclic) bond motifs is 1. The molecule has 0 saturated heterocycles. The van der Waals surface area contributed by atoms with Gasteiger partial charge in [-0.2, -0.15) is 4.31 Å². The molecule has 1 aromatic heterocycles. The second-order valence-electron chi connectivity index (χ2n) is 4.97. The zero-order valence-corrected chi connectivity index (χ0v) is 13.1. The average molecular weight is 308 g/mol. The van der Waals surface area contributed by atoms with Gasteiger partial charge >= 0.3 is 0 Å². The largest absolute Gasteiger partial charge is 0.395 e. The average Bonchev–Trinajstić information content (AvgIpc) is 2.46. The molecule has 0 aliphatic heterocycles. The van der Waals surface area contributed by atoms with E-state index in [4.69, 9.17) is 5.11 Å². The molecule has 0 aliphatic carbocycles. The molecule has 0 saturated carbocycles. The third-order valence-corrected chi connectivity index (χ3v) is 5.18. The first kappa shape index (κ1) is 15.9. The Hall–Kier alpha value is -1.50. The van der Waals surface area contributed by atoms with Gasteiger partial charge in [0.2, 0.25) is 10.0 Å². The van der Waals surface area contributed by atoms with Crippen molar-refractivity contribution in [3.8, 4) is 0 Å². The van der Waals surface area contributed by atoms with E-state index >= 15 is 0 Å². The predicted octanol–water partition coefficient (Wildman–Crippen LogP) is 1.94. The topological polar surface area (TPSA) is 70.5 Å². The molecule has 6 heteroatoms. The third-order valence-electron chi connectivity index (χ3n) is 3.25. The van der Waals surface area contributed by atoms with Crippen molar-refractivity contribution in [2.75, 3.05) is 19.7 Å². The highest BCUT2D eigenvalue weighted by atomic mass is 32.2. The normalized spacial score (nSPS) is 12.2. The van der Waals surface area contributed by atoms with E-state index in [9.17, 15) is 8.42 Å². The van der Waals surface area contributed by atoms with Gasteiger partial charge in [0, 0.05) is 24.7 Å². The Bertz CT molecular complexity index is 723. The van der Waals surface area contributed by atoms with E-state index in [-0.39, 0.29) is 18.0 Å². The van der Waals surface area contributed by atoms with E-state index in [1.165, 1.54) is 4.31 Å². The zero-order valence-electron chi connectivity index (χ0n) is 12.3. The Balaban J connectivity index is 2.58. The molecule has 0 radical (unpaired) electrons. The summed E-state index contributed by atoms with van der Waals surface area (Å²) in [6, 6.07) is 7.06. The lowest BCUT2D eigenvalue weighted by atomic mass is 10.2. The summed E-state index contributed by atoms with van der Waals surface area (Å²) in [5.41, 5.74) is 1.46. The first-order chi connectivity index (χ1) is 10.0. The maximum Gasteiger partial charge on any atom is 0.245 e. The Labute approximate surface area is 125 Å². The van der Waals surface area contributed by atoms with Gasteiger partial charge in [-0.25, -0.2) is 8.42 Å². The van der Waals surface area contributed by atoms with Crippen LogP contribution >= 0.6 is 0 Å². The molecular weight excluding hydrogens is 288 g/mol. The minimum absolute atomic E-state index is 0.0957. The number of aliphatic hydroxyl groups is 1. The maximum atomic E-state index is 12.8. The van der Waals surface area contributed by atoms with Gasteiger partial charge in [-0.1, -0.05) is 19.1 Å². The molecule has 2 rings (SSSR count). The van der Waals surface area contributed by atoms with Gasteiger partial charge in [0.25, 0.3) is 0 Å². The van der Waals surface area contributed by atoms with Crippen LogP contribution in [0.4, 0.5) is 0 Å². The van der Waals surface area contributed by atoms with Gasteiger partial charge in [0.05, 0.1) is 12.1 Å². The van der Waals surface area contributed by atoms with Crippen molar-refractivity contribution in [3.63, 3.8) is 0 Å². The highest BCUT2D eigenvalue weighted by molar-refractivity contribution is 7.89.